The molecule has 1 aromatic heterocycles. The second-order valence-corrected chi connectivity index (χ2v) is 13.2. The van der Waals surface area contributed by atoms with Crippen molar-refractivity contribution in [2.24, 2.45) is 5.92 Å². The SMILES string of the molecule is CCc1cc(O)c(F)cc1C1CCC2C(C1)NNC2c1nc2c([nH]1)CN(CC)C(C(=O)N1CC(N3CCCCC3)C1)C2. The Bertz CT molecular complexity index is 1300. The van der Waals surface area contributed by atoms with E-state index in [1.807, 2.05) is 0 Å². The van der Waals surface area contributed by atoms with Gasteiger partial charge in [-0.1, -0.05) is 20.3 Å². The van der Waals surface area contributed by atoms with E-state index in [0.717, 1.165) is 80.2 Å². The third kappa shape index (κ3) is 5.04. The number of likely N-dealkylation sites (N-methyl/N-ethyl adjacent to an activating group) is 1. The number of phenols is 1. The Hall–Kier alpha value is -2.53. The van der Waals surface area contributed by atoms with E-state index in [9.17, 15) is 14.3 Å². The Kier molecular flexibility index (Phi) is 7.75. The van der Waals surface area contributed by atoms with Crippen LogP contribution in [0.1, 0.15) is 92.7 Å². The van der Waals surface area contributed by atoms with Crippen LogP contribution in [0.4, 0.5) is 4.39 Å². The van der Waals surface area contributed by atoms with E-state index in [0.29, 0.717) is 18.4 Å². The van der Waals surface area contributed by atoms with Crippen molar-refractivity contribution < 1.29 is 14.3 Å². The van der Waals surface area contributed by atoms with Crippen molar-refractivity contribution in [3.63, 3.8) is 0 Å². The maximum absolute atomic E-state index is 14.3. The molecule has 3 saturated heterocycles. The number of hydrazine groups is 1. The van der Waals surface area contributed by atoms with Crippen LogP contribution in [0.25, 0.3) is 0 Å². The highest BCUT2D eigenvalue weighted by Crippen LogP contribution is 2.45. The first-order valence-corrected chi connectivity index (χ1v) is 16.3. The van der Waals surface area contributed by atoms with E-state index in [-0.39, 0.29) is 35.7 Å². The number of hydrogen-bond donors (Lipinski definition) is 4. The molecule has 0 bridgehead atoms. The molecule has 1 aromatic carbocycles. The number of hydrogen-bond acceptors (Lipinski definition) is 7. The molecule has 7 rings (SSSR count). The second-order valence-electron chi connectivity index (χ2n) is 13.2. The zero-order chi connectivity index (χ0) is 29.0. The molecule has 9 nitrogen and oxygen atoms in total. The summed E-state index contributed by atoms with van der Waals surface area (Å²) in [7, 11) is 0. The van der Waals surface area contributed by atoms with E-state index in [2.05, 4.69) is 44.4 Å². The summed E-state index contributed by atoms with van der Waals surface area (Å²) in [5, 5.41) is 9.88. The van der Waals surface area contributed by atoms with Crippen molar-refractivity contribution in [3.05, 3.63) is 46.3 Å². The lowest BCUT2D eigenvalue weighted by Gasteiger charge is -2.48. The first-order chi connectivity index (χ1) is 20.4. The third-order valence-electron chi connectivity index (χ3n) is 10.9. The van der Waals surface area contributed by atoms with E-state index in [1.54, 1.807) is 12.1 Å². The molecule has 42 heavy (non-hydrogen) atoms. The first-order valence-electron chi connectivity index (χ1n) is 16.3. The van der Waals surface area contributed by atoms with Crippen LogP contribution >= 0.6 is 0 Å². The fourth-order valence-corrected chi connectivity index (χ4v) is 8.40. The molecule has 10 heteroatoms. The van der Waals surface area contributed by atoms with Crippen molar-refractivity contribution in [1.82, 2.24) is 35.5 Å². The number of H-pyrrole nitrogens is 1. The zero-order valence-electron chi connectivity index (χ0n) is 25.0. The molecule has 4 N–H and O–H groups in total. The van der Waals surface area contributed by atoms with Gasteiger partial charge < -0.3 is 15.0 Å². The Morgan fingerprint density at radius 2 is 1.93 bits per heavy atom. The number of aromatic hydroxyl groups is 1. The first kappa shape index (κ1) is 28.3. The number of aromatic nitrogens is 2. The molecule has 5 heterocycles. The summed E-state index contributed by atoms with van der Waals surface area (Å²) in [6.07, 6.45) is 8.24. The number of carbonyl (C=O) groups excluding carboxylic acids is 1. The number of carbonyl (C=O) groups is 1. The maximum atomic E-state index is 14.3. The van der Waals surface area contributed by atoms with E-state index in [1.165, 1.54) is 32.4 Å². The normalized spacial score (nSPS) is 30.6. The number of phenolic OH excluding ortho intramolecular Hbond substituents is 1. The van der Waals surface area contributed by atoms with Crippen LogP contribution in [0.15, 0.2) is 12.1 Å². The van der Waals surface area contributed by atoms with E-state index in [4.69, 9.17) is 4.98 Å². The van der Waals surface area contributed by atoms with Crippen molar-refractivity contribution in [1.29, 1.82) is 0 Å². The molecule has 0 radical (unpaired) electrons. The van der Waals surface area contributed by atoms with Gasteiger partial charge >= 0.3 is 0 Å². The van der Waals surface area contributed by atoms with Crippen LogP contribution in [0, 0.1) is 11.7 Å². The molecule has 2 aromatic rings. The highest BCUT2D eigenvalue weighted by Gasteiger charge is 2.45. The van der Waals surface area contributed by atoms with Crippen molar-refractivity contribution in [2.45, 2.75) is 102 Å². The quantitative estimate of drug-likeness (QED) is 0.417. The van der Waals surface area contributed by atoms with Gasteiger partial charge in [0.15, 0.2) is 11.6 Å². The summed E-state index contributed by atoms with van der Waals surface area (Å²) >= 11 is 0. The Balaban J connectivity index is 1.01. The van der Waals surface area contributed by atoms with E-state index < -0.39 is 5.82 Å². The number of likely N-dealkylation sites (tertiary alicyclic amines) is 2. The van der Waals surface area contributed by atoms with Gasteiger partial charge in [-0.3, -0.25) is 20.0 Å². The number of fused-ring (bicyclic) bond motifs is 2. The molecule has 1 aliphatic carbocycles. The van der Waals surface area contributed by atoms with Crippen LogP contribution in [0.2, 0.25) is 0 Å². The second kappa shape index (κ2) is 11.5. The fourth-order valence-electron chi connectivity index (χ4n) is 8.40. The lowest BCUT2D eigenvalue weighted by Crippen LogP contribution is -2.65. The van der Waals surface area contributed by atoms with Crippen molar-refractivity contribution in [3.8, 4) is 5.75 Å². The smallest absolute Gasteiger partial charge is 0.240 e. The maximum Gasteiger partial charge on any atom is 0.240 e. The van der Waals surface area contributed by atoms with Crippen LogP contribution in [-0.2, 0) is 24.2 Å². The monoisotopic (exact) mass is 579 g/mol. The summed E-state index contributed by atoms with van der Waals surface area (Å²) in [6, 6.07) is 3.88. The molecular formula is C32H46FN7O2. The largest absolute Gasteiger partial charge is 0.505 e. The van der Waals surface area contributed by atoms with Crippen LogP contribution in [-0.4, -0.2) is 86.5 Å². The van der Waals surface area contributed by atoms with Crippen molar-refractivity contribution >= 4 is 5.91 Å². The minimum atomic E-state index is -0.533. The molecule has 5 atom stereocenters. The molecule has 5 aliphatic rings. The van der Waals surface area contributed by atoms with Crippen LogP contribution < -0.4 is 10.9 Å². The minimum Gasteiger partial charge on any atom is -0.505 e. The molecule has 1 amide bonds. The van der Waals surface area contributed by atoms with Gasteiger partial charge in [-0.05, 0) is 93.3 Å². The molecule has 1 saturated carbocycles. The molecule has 0 spiro atoms. The van der Waals surface area contributed by atoms with Gasteiger partial charge in [0.1, 0.15) is 5.82 Å². The summed E-state index contributed by atoms with van der Waals surface area (Å²) in [5.74, 6) is 1.07. The molecule has 4 aliphatic heterocycles. The lowest BCUT2D eigenvalue weighted by molar-refractivity contribution is -0.145. The number of amides is 1. The average Bonchev–Trinajstić information content (AvgIpc) is 3.60. The van der Waals surface area contributed by atoms with E-state index >= 15 is 0 Å². The van der Waals surface area contributed by atoms with Gasteiger partial charge in [-0.2, -0.15) is 0 Å². The standard InChI is InChI=1S/C32H46FN7O2/c1-3-19-13-29(41)24(33)14-23(19)20-8-9-22-25(12-20)36-37-30(22)31-34-26-15-28(38(4-2)18-27(26)35-31)32(42)40-16-21(17-40)39-10-6-5-7-11-39/h13-14,20-22,25,28,30,36-37,41H,3-12,15-18H2,1-2H3,(H,34,35). The highest BCUT2D eigenvalue weighted by molar-refractivity contribution is 5.83. The highest BCUT2D eigenvalue weighted by atomic mass is 19.1. The number of aryl methyl sites for hydroxylation is 1. The Labute approximate surface area is 248 Å². The molecular weight excluding hydrogens is 533 g/mol. The summed E-state index contributed by atoms with van der Waals surface area (Å²) in [5.41, 5.74) is 11.3. The summed E-state index contributed by atoms with van der Waals surface area (Å²) in [4.78, 5) is 29.3. The fraction of sp³-hybridized carbons (Fsp3) is 0.688. The number of aromatic amines is 1. The average molecular weight is 580 g/mol. The number of imidazole rings is 1. The number of nitrogens with one attached hydrogen (secondary N) is 3. The zero-order valence-corrected chi connectivity index (χ0v) is 25.0. The Morgan fingerprint density at radius 1 is 1.12 bits per heavy atom. The van der Waals surface area contributed by atoms with Gasteiger partial charge in [0.05, 0.1) is 23.5 Å². The number of nitrogens with zero attached hydrogens (tertiary/aromatic N) is 4. The number of halogens is 1. The predicted molar refractivity (Wildman–Crippen MR) is 158 cm³/mol. The van der Waals surface area contributed by atoms with Crippen molar-refractivity contribution in [2.75, 3.05) is 32.7 Å². The van der Waals surface area contributed by atoms with Gasteiger partial charge in [0.2, 0.25) is 5.91 Å². The van der Waals surface area contributed by atoms with Gasteiger partial charge in [-0.25, -0.2) is 14.8 Å². The molecule has 5 unspecified atom stereocenters. The number of benzene rings is 1. The number of piperidine rings is 1. The predicted octanol–water partition coefficient (Wildman–Crippen LogP) is 3.36. The third-order valence-corrected chi connectivity index (χ3v) is 10.9. The minimum absolute atomic E-state index is 0.0775. The van der Waals surface area contributed by atoms with Crippen LogP contribution in [0.3, 0.4) is 0 Å². The van der Waals surface area contributed by atoms with Crippen LogP contribution in [0.5, 0.6) is 5.75 Å². The lowest BCUT2D eigenvalue weighted by atomic mass is 9.73. The number of rotatable bonds is 6. The summed E-state index contributed by atoms with van der Waals surface area (Å²) < 4.78 is 14.3. The van der Waals surface area contributed by atoms with Gasteiger partial charge in [0.25, 0.3) is 0 Å². The van der Waals surface area contributed by atoms with Gasteiger partial charge in [0, 0.05) is 38.1 Å². The molecule has 4 fully saturated rings. The topological polar surface area (TPSA) is 99.8 Å². The summed E-state index contributed by atoms with van der Waals surface area (Å²) in [6.45, 7) is 9.84. The van der Waals surface area contributed by atoms with Gasteiger partial charge in [-0.15, -0.1) is 0 Å². The Morgan fingerprint density at radius 3 is 2.69 bits per heavy atom. The molecule has 228 valence electrons.